The van der Waals surface area contributed by atoms with Gasteiger partial charge < -0.3 is 4.42 Å². The number of aromatic nitrogens is 2. The molecule has 0 bridgehead atoms. The van der Waals surface area contributed by atoms with Gasteiger partial charge in [-0.3, -0.25) is 0 Å². The van der Waals surface area contributed by atoms with Crippen LogP contribution in [0.3, 0.4) is 0 Å². The molecule has 3 aromatic heterocycles. The maximum absolute atomic E-state index is 8.89. The molecule has 0 spiro atoms. The molecule has 0 aliphatic carbocycles. The van der Waals surface area contributed by atoms with Gasteiger partial charge in [0.15, 0.2) is 11.8 Å². The van der Waals surface area contributed by atoms with Crippen molar-refractivity contribution in [3.05, 3.63) is 58.9 Å². The van der Waals surface area contributed by atoms with E-state index in [1.165, 1.54) is 6.20 Å². The zero-order valence-electron chi connectivity index (χ0n) is 23.0. The number of fused-ring (bicyclic) bond motifs is 3. The van der Waals surface area contributed by atoms with Crippen molar-refractivity contribution in [3.8, 4) is 11.3 Å². The summed E-state index contributed by atoms with van der Waals surface area (Å²) < 4.78 is 50.1. The second kappa shape index (κ2) is 6.98. The molecular formula is C26H31N2O+. The van der Waals surface area contributed by atoms with Crippen LogP contribution in [0.25, 0.3) is 33.3 Å². The van der Waals surface area contributed by atoms with E-state index in [4.69, 9.17) is 11.3 Å². The lowest BCUT2D eigenvalue weighted by molar-refractivity contribution is -0.660. The average Bonchev–Trinajstić information content (AvgIpc) is 3.09. The summed E-state index contributed by atoms with van der Waals surface area (Å²) in [4.78, 5) is 4.65. The standard InChI is InChI=1S/C26H31N2O/c1-8-19-10-12-21-20-11-9-16(2)23(24(20)29-25(21)27-19)22-13-18(14-26(4,5)6)17(3)15-28(22)7/h9-13,15H,8,14H2,1-7H3/q+1/i3D3,14D2. The van der Waals surface area contributed by atoms with Gasteiger partial charge in [-0.15, -0.1) is 0 Å². The molecule has 0 unspecified atom stereocenters. The van der Waals surface area contributed by atoms with Crippen molar-refractivity contribution < 1.29 is 15.8 Å². The van der Waals surface area contributed by atoms with Crippen molar-refractivity contribution in [2.45, 2.75) is 54.3 Å². The Kier molecular flexibility index (Phi) is 3.45. The number of hydrogen-bond acceptors (Lipinski definition) is 2. The molecule has 4 rings (SSSR count). The van der Waals surface area contributed by atoms with Crippen LogP contribution in [0.2, 0.25) is 0 Å². The highest BCUT2D eigenvalue weighted by Crippen LogP contribution is 2.37. The number of rotatable bonds is 3. The minimum atomic E-state index is -2.45. The van der Waals surface area contributed by atoms with Crippen LogP contribution < -0.4 is 4.57 Å². The molecule has 0 saturated heterocycles. The van der Waals surface area contributed by atoms with Gasteiger partial charge in [0.1, 0.15) is 7.05 Å². The summed E-state index contributed by atoms with van der Waals surface area (Å²) in [6, 6.07) is 9.73. The number of furan rings is 1. The van der Waals surface area contributed by atoms with Crippen LogP contribution in [0.1, 0.15) is 56.9 Å². The molecule has 0 saturated carbocycles. The van der Waals surface area contributed by atoms with E-state index in [1.54, 1.807) is 38.5 Å². The number of pyridine rings is 2. The van der Waals surface area contributed by atoms with Gasteiger partial charge in [-0.1, -0.05) is 39.8 Å². The lowest BCUT2D eigenvalue weighted by Gasteiger charge is -2.19. The SMILES string of the molecule is [2H]C([2H])([2H])c1c[n+](C)c(-c2c(C)ccc3c2oc2nc(CC)ccc23)cc1C([2H])([2H])C(C)(C)C. The Morgan fingerprint density at radius 3 is 2.59 bits per heavy atom. The van der Waals surface area contributed by atoms with Crippen LogP contribution in [-0.2, 0) is 19.8 Å². The van der Waals surface area contributed by atoms with Crippen LogP contribution in [-0.4, -0.2) is 4.98 Å². The molecule has 29 heavy (non-hydrogen) atoms. The second-order valence-corrected chi connectivity index (χ2v) is 8.72. The molecule has 0 N–H and O–H groups in total. The third kappa shape index (κ3) is 3.55. The number of nitrogens with zero attached hydrogens (tertiary/aromatic N) is 2. The average molecular weight is 393 g/mol. The fourth-order valence-corrected chi connectivity index (χ4v) is 3.78. The second-order valence-electron chi connectivity index (χ2n) is 8.72. The summed E-state index contributed by atoms with van der Waals surface area (Å²) in [6.45, 7) is 6.92. The van der Waals surface area contributed by atoms with Crippen LogP contribution in [0.4, 0.5) is 0 Å². The summed E-state index contributed by atoms with van der Waals surface area (Å²) in [6.07, 6.45) is 0.457. The van der Waals surface area contributed by atoms with Gasteiger partial charge in [0.2, 0.25) is 11.4 Å². The molecule has 3 heterocycles. The Bertz CT molecular complexity index is 1410. The van der Waals surface area contributed by atoms with Crippen LogP contribution >= 0.6 is 0 Å². The van der Waals surface area contributed by atoms with E-state index in [1.807, 2.05) is 38.1 Å². The Balaban J connectivity index is 2.09. The van der Waals surface area contributed by atoms with Gasteiger partial charge in [-0.2, -0.15) is 0 Å². The van der Waals surface area contributed by atoms with Crippen molar-refractivity contribution in [1.29, 1.82) is 0 Å². The molecule has 1 aromatic carbocycles. The molecule has 3 nitrogen and oxygen atoms in total. The smallest absolute Gasteiger partial charge is 0.227 e. The van der Waals surface area contributed by atoms with E-state index in [2.05, 4.69) is 4.98 Å². The van der Waals surface area contributed by atoms with E-state index in [0.717, 1.165) is 34.0 Å². The van der Waals surface area contributed by atoms with Gasteiger partial charge in [-0.05, 0) is 55.2 Å². The van der Waals surface area contributed by atoms with E-state index >= 15 is 0 Å². The van der Waals surface area contributed by atoms with Crippen LogP contribution in [0.15, 0.2) is 40.9 Å². The van der Waals surface area contributed by atoms with Gasteiger partial charge in [0.25, 0.3) is 0 Å². The quantitative estimate of drug-likeness (QED) is 0.386. The van der Waals surface area contributed by atoms with E-state index in [0.29, 0.717) is 17.0 Å². The molecule has 4 aromatic rings. The molecule has 0 radical (unpaired) electrons. The maximum atomic E-state index is 8.89. The first kappa shape index (κ1) is 14.3. The third-order valence-electron chi connectivity index (χ3n) is 5.17. The van der Waals surface area contributed by atoms with Gasteiger partial charge in [-0.25, -0.2) is 9.55 Å². The van der Waals surface area contributed by atoms with Gasteiger partial charge in [0.05, 0.1) is 5.56 Å². The lowest BCUT2D eigenvalue weighted by atomic mass is 9.86. The minimum Gasteiger partial charge on any atom is -0.437 e. The van der Waals surface area contributed by atoms with E-state index in [-0.39, 0.29) is 11.1 Å². The third-order valence-corrected chi connectivity index (χ3v) is 5.17. The summed E-state index contributed by atoms with van der Waals surface area (Å²) in [5, 5.41) is 1.84. The molecule has 0 aliphatic rings. The Hall–Kier alpha value is -2.68. The van der Waals surface area contributed by atoms with Crippen molar-refractivity contribution in [2.24, 2.45) is 12.5 Å². The molecule has 0 amide bonds. The zero-order valence-corrected chi connectivity index (χ0v) is 18.0. The Morgan fingerprint density at radius 1 is 1.14 bits per heavy atom. The maximum Gasteiger partial charge on any atom is 0.227 e. The number of aryl methyl sites for hydroxylation is 4. The van der Waals surface area contributed by atoms with Crippen molar-refractivity contribution in [1.82, 2.24) is 4.98 Å². The topological polar surface area (TPSA) is 29.9 Å². The molecular weight excluding hydrogens is 356 g/mol. The zero-order chi connectivity index (χ0) is 25.2. The monoisotopic (exact) mass is 392 g/mol. The summed E-state index contributed by atoms with van der Waals surface area (Å²) in [5.41, 5.74) is 3.98. The minimum absolute atomic E-state index is 0.0161. The molecule has 0 fully saturated rings. The highest BCUT2D eigenvalue weighted by molar-refractivity contribution is 6.08. The number of benzene rings is 1. The van der Waals surface area contributed by atoms with E-state index < -0.39 is 18.6 Å². The first-order chi connectivity index (χ1) is 15.7. The summed E-state index contributed by atoms with van der Waals surface area (Å²) >= 11 is 0. The highest BCUT2D eigenvalue weighted by atomic mass is 16.3. The highest BCUT2D eigenvalue weighted by Gasteiger charge is 2.24. The van der Waals surface area contributed by atoms with Crippen molar-refractivity contribution >= 4 is 22.1 Å². The van der Waals surface area contributed by atoms with Crippen LogP contribution in [0, 0.1) is 19.2 Å². The van der Waals surface area contributed by atoms with Crippen LogP contribution in [0.5, 0.6) is 0 Å². The fraction of sp³-hybridized carbons (Fsp3) is 0.385. The first-order valence-corrected chi connectivity index (χ1v) is 10.0. The molecule has 0 aliphatic heterocycles. The predicted molar refractivity (Wildman–Crippen MR) is 120 cm³/mol. The summed E-state index contributed by atoms with van der Waals surface area (Å²) in [5.74, 6) is 0. The Labute approximate surface area is 180 Å². The lowest BCUT2D eigenvalue weighted by Crippen LogP contribution is -2.32. The predicted octanol–water partition coefficient (Wildman–Crippen LogP) is 6.24. The van der Waals surface area contributed by atoms with E-state index in [9.17, 15) is 0 Å². The first-order valence-electron chi connectivity index (χ1n) is 12.5. The van der Waals surface area contributed by atoms with Gasteiger partial charge >= 0.3 is 0 Å². The van der Waals surface area contributed by atoms with Crippen molar-refractivity contribution in [3.63, 3.8) is 0 Å². The molecule has 0 atom stereocenters. The largest absolute Gasteiger partial charge is 0.437 e. The van der Waals surface area contributed by atoms with Crippen molar-refractivity contribution in [2.75, 3.05) is 0 Å². The Morgan fingerprint density at radius 2 is 1.90 bits per heavy atom. The van der Waals surface area contributed by atoms with Gasteiger partial charge in [0, 0.05) is 34.9 Å². The fourth-order valence-electron chi connectivity index (χ4n) is 3.78. The normalized spacial score (nSPS) is 15.7. The number of hydrogen-bond donors (Lipinski definition) is 0. The molecule has 150 valence electrons. The summed E-state index contributed by atoms with van der Waals surface area (Å²) in [7, 11) is 1.79. The molecule has 3 heteroatoms.